The number of likely N-dealkylation sites (N-methyl/N-ethyl adjacent to an activating group) is 1. The van der Waals surface area contributed by atoms with Gasteiger partial charge in [0, 0.05) is 24.5 Å². The maximum absolute atomic E-state index is 12.0. The molecule has 1 amide bonds. The molecule has 4 heteroatoms. The van der Waals surface area contributed by atoms with Gasteiger partial charge >= 0.3 is 0 Å². The predicted octanol–water partition coefficient (Wildman–Crippen LogP) is 2.41. The minimum Gasteiger partial charge on any atom is -0.399 e. The van der Waals surface area contributed by atoms with Crippen molar-refractivity contribution in [2.24, 2.45) is 0 Å². The van der Waals surface area contributed by atoms with Crippen LogP contribution in [0.5, 0.6) is 0 Å². The van der Waals surface area contributed by atoms with Gasteiger partial charge in [-0.1, -0.05) is 30.3 Å². The summed E-state index contributed by atoms with van der Waals surface area (Å²) in [5.74, 6) is 0.0116. The maximum Gasteiger partial charge on any atom is 0.239 e. The minimum absolute atomic E-state index is 0.0116. The normalized spacial score (nSPS) is 10.1. The van der Waals surface area contributed by atoms with Crippen molar-refractivity contribution in [1.82, 2.24) is 5.32 Å². The van der Waals surface area contributed by atoms with E-state index in [0.29, 0.717) is 13.1 Å². The third kappa shape index (κ3) is 4.53. The summed E-state index contributed by atoms with van der Waals surface area (Å²) in [6.07, 6.45) is 0. The van der Waals surface area contributed by atoms with E-state index in [9.17, 15) is 4.79 Å². The lowest BCUT2D eigenvalue weighted by atomic mass is 10.2. The first-order valence-electron chi connectivity index (χ1n) is 7.10. The first-order valence-corrected chi connectivity index (χ1v) is 7.10. The Kier molecular flexibility index (Phi) is 5.21. The number of hydrogen-bond acceptors (Lipinski definition) is 3. The molecule has 0 fully saturated rings. The van der Waals surface area contributed by atoms with E-state index >= 15 is 0 Å². The van der Waals surface area contributed by atoms with Gasteiger partial charge in [0.1, 0.15) is 0 Å². The number of nitrogens with zero attached hydrogens (tertiary/aromatic N) is 1. The molecule has 0 aliphatic carbocycles. The Morgan fingerprint density at radius 2 is 1.76 bits per heavy atom. The van der Waals surface area contributed by atoms with Crippen molar-refractivity contribution in [3.05, 3.63) is 60.2 Å². The smallest absolute Gasteiger partial charge is 0.239 e. The molecule has 110 valence electrons. The third-order valence-corrected chi connectivity index (χ3v) is 3.31. The van der Waals surface area contributed by atoms with Gasteiger partial charge < -0.3 is 16.0 Å². The minimum atomic E-state index is 0.0116. The van der Waals surface area contributed by atoms with Crippen LogP contribution in [0, 0.1) is 0 Å². The summed E-state index contributed by atoms with van der Waals surface area (Å²) in [6, 6.07) is 17.5. The van der Waals surface area contributed by atoms with Crippen molar-refractivity contribution in [2.45, 2.75) is 13.5 Å². The third-order valence-electron chi connectivity index (χ3n) is 3.31. The number of hydrogen-bond donors (Lipinski definition) is 2. The lowest BCUT2D eigenvalue weighted by Crippen LogP contribution is -2.36. The molecule has 0 spiro atoms. The lowest BCUT2D eigenvalue weighted by Gasteiger charge is -2.22. The molecule has 0 unspecified atom stereocenters. The van der Waals surface area contributed by atoms with Gasteiger partial charge in [-0.15, -0.1) is 0 Å². The molecule has 0 bridgehead atoms. The van der Waals surface area contributed by atoms with Gasteiger partial charge in [0.25, 0.3) is 0 Å². The number of nitrogen functional groups attached to an aromatic ring is 1. The molecule has 0 aliphatic rings. The van der Waals surface area contributed by atoms with Gasteiger partial charge in [-0.05, 0) is 36.8 Å². The highest BCUT2D eigenvalue weighted by Crippen LogP contribution is 2.15. The van der Waals surface area contributed by atoms with Crippen molar-refractivity contribution in [3.63, 3.8) is 0 Å². The van der Waals surface area contributed by atoms with Gasteiger partial charge in [0.15, 0.2) is 0 Å². The standard InChI is InChI=1S/C17H21N3O/c1-2-20(16-10-8-15(18)9-11-16)13-17(21)19-12-14-6-4-3-5-7-14/h3-11H,2,12-13,18H2,1H3,(H,19,21). The monoisotopic (exact) mass is 283 g/mol. The highest BCUT2D eigenvalue weighted by Gasteiger charge is 2.09. The molecule has 0 radical (unpaired) electrons. The van der Waals surface area contributed by atoms with E-state index in [4.69, 9.17) is 5.73 Å². The van der Waals surface area contributed by atoms with Crippen molar-refractivity contribution < 1.29 is 4.79 Å². The van der Waals surface area contributed by atoms with Gasteiger partial charge in [-0.3, -0.25) is 4.79 Å². The van der Waals surface area contributed by atoms with Gasteiger partial charge in [-0.2, -0.15) is 0 Å². The zero-order valence-electron chi connectivity index (χ0n) is 12.3. The molecular weight excluding hydrogens is 262 g/mol. The Morgan fingerprint density at radius 3 is 2.38 bits per heavy atom. The van der Waals surface area contributed by atoms with Crippen molar-refractivity contribution in [1.29, 1.82) is 0 Å². The Balaban J connectivity index is 1.89. The Morgan fingerprint density at radius 1 is 1.10 bits per heavy atom. The number of carbonyl (C=O) groups is 1. The van der Waals surface area contributed by atoms with Gasteiger partial charge in [-0.25, -0.2) is 0 Å². The molecule has 0 atom stereocenters. The van der Waals surface area contributed by atoms with E-state index in [-0.39, 0.29) is 5.91 Å². The van der Waals surface area contributed by atoms with Gasteiger partial charge in [0.2, 0.25) is 5.91 Å². The number of carbonyl (C=O) groups excluding carboxylic acids is 1. The van der Waals surface area contributed by atoms with E-state index in [1.54, 1.807) is 0 Å². The summed E-state index contributed by atoms with van der Waals surface area (Å²) < 4.78 is 0. The van der Waals surface area contributed by atoms with Crippen LogP contribution >= 0.6 is 0 Å². The van der Waals surface area contributed by atoms with Crippen LogP contribution in [-0.4, -0.2) is 19.0 Å². The fraction of sp³-hybridized carbons (Fsp3) is 0.235. The topological polar surface area (TPSA) is 58.4 Å². The number of rotatable bonds is 6. The first-order chi connectivity index (χ1) is 10.2. The Labute approximate surface area is 125 Å². The molecular formula is C17H21N3O. The van der Waals surface area contributed by atoms with Crippen molar-refractivity contribution >= 4 is 17.3 Å². The molecule has 21 heavy (non-hydrogen) atoms. The summed E-state index contributed by atoms with van der Waals surface area (Å²) in [6.45, 7) is 3.69. The number of anilines is 2. The van der Waals surface area contributed by atoms with E-state index in [2.05, 4.69) is 5.32 Å². The molecule has 0 aromatic heterocycles. The second-order valence-corrected chi connectivity index (χ2v) is 4.87. The fourth-order valence-corrected chi connectivity index (χ4v) is 2.10. The zero-order valence-corrected chi connectivity index (χ0v) is 12.3. The molecule has 2 aromatic carbocycles. The van der Waals surface area contributed by atoms with Crippen molar-refractivity contribution in [3.8, 4) is 0 Å². The summed E-state index contributed by atoms with van der Waals surface area (Å²) in [4.78, 5) is 14.1. The van der Waals surface area contributed by atoms with Crippen LogP contribution in [0.25, 0.3) is 0 Å². The van der Waals surface area contributed by atoms with E-state index < -0.39 is 0 Å². The number of nitrogens with one attached hydrogen (secondary N) is 1. The second-order valence-electron chi connectivity index (χ2n) is 4.87. The fourth-order valence-electron chi connectivity index (χ4n) is 2.10. The largest absolute Gasteiger partial charge is 0.399 e. The lowest BCUT2D eigenvalue weighted by molar-refractivity contribution is -0.119. The summed E-state index contributed by atoms with van der Waals surface area (Å²) in [5.41, 5.74) is 8.51. The number of benzene rings is 2. The van der Waals surface area contributed by atoms with E-state index in [0.717, 1.165) is 23.5 Å². The Hall–Kier alpha value is -2.49. The van der Waals surface area contributed by atoms with Crippen molar-refractivity contribution in [2.75, 3.05) is 23.7 Å². The summed E-state index contributed by atoms with van der Waals surface area (Å²) in [5, 5.41) is 2.94. The molecule has 0 saturated heterocycles. The predicted molar refractivity (Wildman–Crippen MR) is 87.0 cm³/mol. The quantitative estimate of drug-likeness (QED) is 0.800. The zero-order chi connectivity index (χ0) is 15.1. The Bertz CT molecular complexity index is 566. The number of nitrogens with two attached hydrogens (primary N) is 1. The van der Waals surface area contributed by atoms with Crippen LogP contribution in [0.4, 0.5) is 11.4 Å². The molecule has 0 saturated carbocycles. The highest BCUT2D eigenvalue weighted by atomic mass is 16.2. The highest BCUT2D eigenvalue weighted by molar-refractivity contribution is 5.81. The second kappa shape index (κ2) is 7.33. The van der Waals surface area contributed by atoms with Gasteiger partial charge in [0.05, 0.1) is 6.54 Å². The molecule has 2 aromatic rings. The molecule has 4 nitrogen and oxygen atoms in total. The molecule has 2 rings (SSSR count). The molecule has 3 N–H and O–H groups in total. The van der Waals surface area contributed by atoms with Crippen LogP contribution < -0.4 is 16.0 Å². The first kappa shape index (κ1) is 14.9. The van der Waals surface area contributed by atoms with Crippen LogP contribution in [-0.2, 0) is 11.3 Å². The van der Waals surface area contributed by atoms with Crippen LogP contribution in [0.2, 0.25) is 0 Å². The molecule has 0 aliphatic heterocycles. The average molecular weight is 283 g/mol. The van der Waals surface area contributed by atoms with Crippen LogP contribution in [0.3, 0.4) is 0 Å². The van der Waals surface area contributed by atoms with Crippen LogP contribution in [0.1, 0.15) is 12.5 Å². The van der Waals surface area contributed by atoms with E-state index in [1.807, 2.05) is 66.4 Å². The van der Waals surface area contributed by atoms with E-state index in [1.165, 1.54) is 0 Å². The molecule has 0 heterocycles. The average Bonchev–Trinajstić information content (AvgIpc) is 2.52. The van der Waals surface area contributed by atoms with Crippen LogP contribution in [0.15, 0.2) is 54.6 Å². The maximum atomic E-state index is 12.0. The summed E-state index contributed by atoms with van der Waals surface area (Å²) in [7, 11) is 0. The summed E-state index contributed by atoms with van der Waals surface area (Å²) >= 11 is 0. The number of amides is 1. The SMILES string of the molecule is CCN(CC(=O)NCc1ccccc1)c1ccc(N)cc1.